The van der Waals surface area contributed by atoms with Crippen molar-refractivity contribution in [2.24, 2.45) is 0 Å². The first kappa shape index (κ1) is 16.0. The molecule has 0 aliphatic carbocycles. The minimum Gasteiger partial charge on any atom is -0.492 e. The second kappa shape index (κ2) is 6.40. The van der Waals surface area contributed by atoms with Crippen LogP contribution in [0.4, 0.5) is 17.6 Å². The number of ether oxygens (including phenoxy) is 3. The first-order valence-corrected chi connectivity index (χ1v) is 5.38. The number of esters is 1. The highest BCUT2D eigenvalue weighted by atomic mass is 19.4. The Labute approximate surface area is 111 Å². The van der Waals surface area contributed by atoms with Crippen molar-refractivity contribution in [2.45, 2.75) is 20.0 Å². The van der Waals surface area contributed by atoms with Crippen LogP contribution in [0.2, 0.25) is 0 Å². The van der Waals surface area contributed by atoms with E-state index < -0.39 is 41.8 Å². The lowest BCUT2D eigenvalue weighted by Crippen LogP contribution is -2.19. The molecule has 112 valence electrons. The van der Waals surface area contributed by atoms with Crippen LogP contribution in [-0.2, 0) is 11.4 Å². The first-order chi connectivity index (χ1) is 9.34. The van der Waals surface area contributed by atoms with Crippen molar-refractivity contribution >= 4 is 5.97 Å². The fourth-order valence-corrected chi connectivity index (χ4v) is 1.44. The van der Waals surface area contributed by atoms with Crippen LogP contribution >= 0.6 is 0 Å². The smallest absolute Gasteiger partial charge is 0.492 e. The highest BCUT2D eigenvalue weighted by molar-refractivity contribution is 5.90. The van der Waals surface area contributed by atoms with Crippen molar-refractivity contribution in [2.75, 3.05) is 13.7 Å². The molecule has 0 saturated carbocycles. The van der Waals surface area contributed by atoms with Gasteiger partial charge in [0.15, 0.2) is 17.2 Å². The number of hydrogen-bond donors (Lipinski definition) is 0. The van der Waals surface area contributed by atoms with Crippen molar-refractivity contribution in [1.29, 1.82) is 0 Å². The van der Waals surface area contributed by atoms with Crippen LogP contribution in [0.5, 0.6) is 11.5 Å². The summed E-state index contributed by atoms with van der Waals surface area (Å²) in [4.78, 5) is 15.0. The van der Waals surface area contributed by atoms with Crippen molar-refractivity contribution in [3.05, 3.63) is 17.5 Å². The average molecular weight is 297 g/mol. The Hall–Kier alpha value is -2.06. The van der Waals surface area contributed by atoms with Crippen LogP contribution in [-0.4, -0.2) is 31.0 Å². The molecular weight excluding hydrogens is 286 g/mol. The average Bonchev–Trinajstić information content (AvgIpc) is 2.36. The predicted octanol–water partition coefficient (Wildman–Crippen LogP) is 2.64. The van der Waals surface area contributed by atoms with Gasteiger partial charge in [-0.1, -0.05) is 0 Å². The summed E-state index contributed by atoms with van der Waals surface area (Å²) in [5.41, 5.74) is -0.923. The Morgan fingerprint density at radius 3 is 2.50 bits per heavy atom. The van der Waals surface area contributed by atoms with Crippen LogP contribution in [0.15, 0.2) is 6.20 Å². The standard InChI is InChI=1S/C11H11F4NO4/c1-3-19-10(17)8-6(4-12)9(18-2)7(5-16-8)20-11(13,14)15/h5H,3-4H2,1-2H3. The Bertz CT molecular complexity index is 490. The molecule has 0 atom stereocenters. The van der Waals surface area contributed by atoms with Gasteiger partial charge in [-0.05, 0) is 6.92 Å². The van der Waals surface area contributed by atoms with Gasteiger partial charge < -0.3 is 14.2 Å². The van der Waals surface area contributed by atoms with Crippen LogP contribution in [0.1, 0.15) is 23.0 Å². The molecule has 1 aromatic rings. The van der Waals surface area contributed by atoms with Crippen molar-refractivity contribution in [3.8, 4) is 11.5 Å². The molecule has 0 saturated heterocycles. The zero-order valence-electron chi connectivity index (χ0n) is 10.6. The van der Waals surface area contributed by atoms with Gasteiger partial charge in [0.25, 0.3) is 0 Å². The molecule has 0 aromatic carbocycles. The molecule has 0 fully saturated rings. The molecule has 0 amide bonds. The van der Waals surface area contributed by atoms with E-state index in [4.69, 9.17) is 0 Å². The van der Waals surface area contributed by atoms with Gasteiger partial charge in [-0.3, -0.25) is 0 Å². The van der Waals surface area contributed by atoms with Gasteiger partial charge in [-0.2, -0.15) is 0 Å². The summed E-state index contributed by atoms with van der Waals surface area (Å²) >= 11 is 0. The number of halogens is 4. The van der Waals surface area contributed by atoms with Crippen LogP contribution < -0.4 is 9.47 Å². The van der Waals surface area contributed by atoms with Crippen molar-refractivity contribution in [3.63, 3.8) is 0 Å². The van der Waals surface area contributed by atoms with E-state index in [-0.39, 0.29) is 6.61 Å². The van der Waals surface area contributed by atoms with E-state index in [1.807, 2.05) is 0 Å². The normalized spacial score (nSPS) is 11.1. The molecule has 0 N–H and O–H groups in total. The second-order valence-electron chi connectivity index (χ2n) is 3.38. The minimum atomic E-state index is -4.99. The lowest BCUT2D eigenvalue weighted by atomic mass is 10.2. The summed E-state index contributed by atoms with van der Waals surface area (Å²) < 4.78 is 62.5. The van der Waals surface area contributed by atoms with Crippen LogP contribution in [0.3, 0.4) is 0 Å². The second-order valence-corrected chi connectivity index (χ2v) is 3.38. The maximum atomic E-state index is 13.0. The van der Waals surface area contributed by atoms with Gasteiger partial charge in [-0.25, -0.2) is 14.2 Å². The number of methoxy groups -OCH3 is 1. The van der Waals surface area contributed by atoms with Gasteiger partial charge in [0.1, 0.15) is 6.67 Å². The summed E-state index contributed by atoms with van der Waals surface area (Å²) in [6.07, 6.45) is -4.37. The lowest BCUT2D eigenvalue weighted by Gasteiger charge is -2.15. The molecule has 1 heterocycles. The molecule has 9 heteroatoms. The number of alkyl halides is 4. The van der Waals surface area contributed by atoms with Gasteiger partial charge in [-0.15, -0.1) is 13.2 Å². The van der Waals surface area contributed by atoms with E-state index in [1.165, 1.54) is 6.92 Å². The molecule has 1 rings (SSSR count). The molecule has 0 aliphatic heterocycles. The molecule has 20 heavy (non-hydrogen) atoms. The summed E-state index contributed by atoms with van der Waals surface area (Å²) in [7, 11) is 1.02. The van der Waals surface area contributed by atoms with E-state index in [2.05, 4.69) is 19.2 Å². The number of carbonyl (C=O) groups excluding carboxylic acids is 1. The van der Waals surface area contributed by atoms with Gasteiger partial charge in [0, 0.05) is 0 Å². The number of aromatic nitrogens is 1. The monoisotopic (exact) mass is 297 g/mol. The lowest BCUT2D eigenvalue weighted by molar-refractivity contribution is -0.275. The highest BCUT2D eigenvalue weighted by Crippen LogP contribution is 2.36. The van der Waals surface area contributed by atoms with Crippen LogP contribution in [0, 0.1) is 0 Å². The molecule has 0 unspecified atom stereocenters. The molecule has 0 radical (unpaired) electrons. The Balaban J connectivity index is 3.29. The Morgan fingerprint density at radius 1 is 1.40 bits per heavy atom. The van der Waals surface area contributed by atoms with E-state index >= 15 is 0 Å². The first-order valence-electron chi connectivity index (χ1n) is 5.38. The largest absolute Gasteiger partial charge is 0.573 e. The molecule has 5 nitrogen and oxygen atoms in total. The highest BCUT2D eigenvalue weighted by Gasteiger charge is 2.34. The van der Waals surface area contributed by atoms with E-state index in [1.54, 1.807) is 0 Å². The third kappa shape index (κ3) is 3.72. The number of carbonyl (C=O) groups is 1. The number of nitrogens with zero attached hydrogens (tertiary/aromatic N) is 1. The van der Waals surface area contributed by atoms with E-state index in [9.17, 15) is 22.4 Å². The quantitative estimate of drug-likeness (QED) is 0.617. The SMILES string of the molecule is CCOC(=O)c1ncc(OC(F)(F)F)c(OC)c1CF. The molecule has 0 spiro atoms. The van der Waals surface area contributed by atoms with Crippen molar-refractivity contribution < 1.29 is 36.6 Å². The fraction of sp³-hybridized carbons (Fsp3) is 0.455. The van der Waals surface area contributed by atoms with Crippen LogP contribution in [0.25, 0.3) is 0 Å². The van der Waals surface area contributed by atoms with Gasteiger partial charge in [0.2, 0.25) is 0 Å². The Morgan fingerprint density at radius 2 is 2.05 bits per heavy atom. The van der Waals surface area contributed by atoms with E-state index in [0.29, 0.717) is 6.20 Å². The summed E-state index contributed by atoms with van der Waals surface area (Å²) in [5.74, 6) is -2.35. The Kier molecular flexibility index (Phi) is 5.12. The number of hydrogen-bond acceptors (Lipinski definition) is 5. The summed E-state index contributed by atoms with van der Waals surface area (Å²) in [6, 6.07) is 0. The number of rotatable bonds is 5. The topological polar surface area (TPSA) is 57.7 Å². The van der Waals surface area contributed by atoms with Gasteiger partial charge >= 0.3 is 12.3 Å². The number of pyridine rings is 1. The summed E-state index contributed by atoms with van der Waals surface area (Å²) in [5, 5.41) is 0. The predicted molar refractivity (Wildman–Crippen MR) is 58.2 cm³/mol. The molecule has 0 aliphatic rings. The zero-order valence-corrected chi connectivity index (χ0v) is 10.6. The van der Waals surface area contributed by atoms with E-state index in [0.717, 1.165) is 7.11 Å². The maximum absolute atomic E-state index is 13.0. The van der Waals surface area contributed by atoms with Gasteiger partial charge in [0.05, 0.1) is 25.5 Å². The fourth-order valence-electron chi connectivity index (χ4n) is 1.44. The third-order valence-corrected chi connectivity index (χ3v) is 2.13. The maximum Gasteiger partial charge on any atom is 0.573 e. The molecule has 1 aromatic heterocycles. The summed E-state index contributed by atoms with van der Waals surface area (Å²) in [6.45, 7) is 0.264. The molecule has 0 bridgehead atoms. The minimum absolute atomic E-state index is 0.00928. The third-order valence-electron chi connectivity index (χ3n) is 2.13. The molecular formula is C11H11F4NO4. The van der Waals surface area contributed by atoms with Crippen molar-refractivity contribution in [1.82, 2.24) is 4.98 Å². The zero-order chi connectivity index (χ0) is 15.3.